The van der Waals surface area contributed by atoms with Crippen LogP contribution in [0.2, 0.25) is 5.02 Å². The number of nitrogens with one attached hydrogen (secondary N) is 1. The molecule has 1 saturated heterocycles. The van der Waals surface area contributed by atoms with Gasteiger partial charge in [0.1, 0.15) is 5.65 Å². The summed E-state index contributed by atoms with van der Waals surface area (Å²) < 4.78 is 13.4. The highest BCUT2D eigenvalue weighted by Crippen LogP contribution is 2.34. The van der Waals surface area contributed by atoms with Crippen LogP contribution in [0, 0.1) is 0 Å². The van der Waals surface area contributed by atoms with Gasteiger partial charge in [-0.05, 0) is 47.0 Å². The van der Waals surface area contributed by atoms with Crippen LogP contribution >= 0.6 is 11.6 Å². The van der Waals surface area contributed by atoms with Crippen LogP contribution in [0.25, 0.3) is 11.0 Å². The van der Waals surface area contributed by atoms with Crippen molar-refractivity contribution in [3.05, 3.63) is 53.1 Å². The molecule has 0 saturated carbocycles. The van der Waals surface area contributed by atoms with E-state index in [1.807, 2.05) is 39.9 Å². The molecule has 0 atom stereocenters. The van der Waals surface area contributed by atoms with Crippen LogP contribution in [-0.2, 0) is 13.1 Å². The van der Waals surface area contributed by atoms with E-state index >= 15 is 0 Å². The number of halogens is 1. The Morgan fingerprint density at radius 2 is 2.03 bits per heavy atom. The summed E-state index contributed by atoms with van der Waals surface area (Å²) in [4.78, 5) is 21.8. The van der Waals surface area contributed by atoms with Gasteiger partial charge in [0.25, 0.3) is 0 Å². The number of H-pyrrole nitrogens is 1. The van der Waals surface area contributed by atoms with E-state index in [2.05, 4.69) is 32.5 Å². The molecule has 38 heavy (non-hydrogen) atoms. The second-order valence-corrected chi connectivity index (χ2v) is 9.63. The summed E-state index contributed by atoms with van der Waals surface area (Å²) in [5.74, 6) is 1.91. The van der Waals surface area contributed by atoms with Crippen molar-refractivity contribution in [3.63, 3.8) is 0 Å². The Labute approximate surface area is 225 Å². The number of tetrazole rings is 1. The summed E-state index contributed by atoms with van der Waals surface area (Å²) in [5, 5.41) is 15.3. The number of carbonyl (C=O) groups is 1. The summed E-state index contributed by atoms with van der Waals surface area (Å²) in [5.41, 5.74) is 2.43. The molecule has 5 rings (SSSR count). The third-order valence-corrected chi connectivity index (χ3v) is 6.93. The summed E-state index contributed by atoms with van der Waals surface area (Å²) in [6, 6.07) is 7.50. The van der Waals surface area contributed by atoms with Crippen LogP contribution in [0.1, 0.15) is 44.0 Å². The summed E-state index contributed by atoms with van der Waals surface area (Å²) in [7, 11) is 1.62. The Kier molecular flexibility index (Phi) is 7.92. The first-order chi connectivity index (χ1) is 18.6. The minimum absolute atomic E-state index is 0.0633. The Balaban J connectivity index is 1.36. The Morgan fingerprint density at radius 1 is 1.13 bits per heavy atom. The van der Waals surface area contributed by atoms with Gasteiger partial charge in [-0.3, -0.25) is 4.90 Å². The van der Waals surface area contributed by atoms with Crippen molar-refractivity contribution in [3.8, 4) is 11.5 Å². The van der Waals surface area contributed by atoms with E-state index in [4.69, 9.17) is 21.1 Å². The van der Waals surface area contributed by atoms with Gasteiger partial charge in [0.05, 0.1) is 25.3 Å². The van der Waals surface area contributed by atoms with Crippen molar-refractivity contribution in [1.29, 1.82) is 0 Å². The standard InChI is InChI=1S/C26H31ClN8O3/c1-3-4-5-13-38-22-14-19(7-8-21(22)37-2)35-12-6-11-33(26(35)36)15-18-9-10-28-25-24(18)20(27)16-34(25)17-23-29-31-32-30-23/h7-10,14,16H,3-6,11-13,15,17H2,1-2H3,(H,29,30,31,32). The van der Waals surface area contributed by atoms with Gasteiger partial charge in [0.2, 0.25) is 0 Å². The molecule has 12 heteroatoms. The number of hydrogen-bond donors (Lipinski definition) is 1. The van der Waals surface area contributed by atoms with Crippen molar-refractivity contribution in [2.75, 3.05) is 31.7 Å². The highest BCUT2D eigenvalue weighted by Gasteiger charge is 2.28. The second kappa shape index (κ2) is 11.7. The van der Waals surface area contributed by atoms with Gasteiger partial charge < -0.3 is 18.9 Å². The number of fused-ring (bicyclic) bond motifs is 1. The fraction of sp³-hybridized carbons (Fsp3) is 0.423. The molecule has 2 amide bonds. The number of hydrogen-bond acceptors (Lipinski definition) is 7. The zero-order valence-corrected chi connectivity index (χ0v) is 22.3. The number of benzene rings is 1. The quantitative estimate of drug-likeness (QED) is 0.276. The largest absolute Gasteiger partial charge is 0.493 e. The molecule has 3 aromatic heterocycles. The van der Waals surface area contributed by atoms with Gasteiger partial charge >= 0.3 is 6.03 Å². The lowest BCUT2D eigenvalue weighted by Crippen LogP contribution is -2.49. The van der Waals surface area contributed by atoms with E-state index in [1.165, 1.54) is 0 Å². The average molecular weight is 539 g/mol. The fourth-order valence-corrected chi connectivity index (χ4v) is 5.07. The molecule has 1 fully saturated rings. The first kappa shape index (κ1) is 25.8. The third-order valence-electron chi connectivity index (χ3n) is 6.64. The van der Waals surface area contributed by atoms with Crippen LogP contribution in [0.3, 0.4) is 0 Å². The number of aromatic nitrogens is 6. The number of carbonyl (C=O) groups excluding carboxylic acids is 1. The summed E-state index contributed by atoms with van der Waals surface area (Å²) in [6.45, 7) is 4.87. The van der Waals surface area contributed by atoms with Gasteiger partial charge in [-0.15, -0.1) is 5.10 Å². The highest BCUT2D eigenvalue weighted by molar-refractivity contribution is 6.35. The highest BCUT2D eigenvalue weighted by atomic mass is 35.5. The number of methoxy groups -OCH3 is 1. The maximum atomic E-state index is 13.6. The molecule has 1 aromatic carbocycles. The maximum Gasteiger partial charge on any atom is 0.324 e. The summed E-state index contributed by atoms with van der Waals surface area (Å²) >= 11 is 6.65. The molecule has 0 spiro atoms. The fourth-order valence-electron chi connectivity index (χ4n) is 4.74. The van der Waals surface area contributed by atoms with Gasteiger partial charge in [0, 0.05) is 49.2 Å². The molecule has 4 heterocycles. The number of unbranched alkanes of at least 4 members (excludes halogenated alkanes) is 2. The van der Waals surface area contributed by atoms with Crippen LogP contribution in [-0.4, -0.2) is 67.9 Å². The van der Waals surface area contributed by atoms with E-state index in [0.717, 1.165) is 42.3 Å². The van der Waals surface area contributed by atoms with E-state index in [1.54, 1.807) is 18.2 Å². The van der Waals surface area contributed by atoms with E-state index in [0.29, 0.717) is 60.8 Å². The van der Waals surface area contributed by atoms with Crippen molar-refractivity contribution >= 4 is 34.4 Å². The molecule has 200 valence electrons. The molecular weight excluding hydrogens is 508 g/mol. The van der Waals surface area contributed by atoms with Gasteiger partial charge in [0.15, 0.2) is 17.3 Å². The van der Waals surface area contributed by atoms with Crippen molar-refractivity contribution < 1.29 is 14.3 Å². The Morgan fingerprint density at radius 3 is 2.82 bits per heavy atom. The van der Waals surface area contributed by atoms with Crippen molar-refractivity contribution in [2.45, 2.75) is 45.7 Å². The zero-order valence-electron chi connectivity index (χ0n) is 21.6. The molecule has 1 N–H and O–H groups in total. The lowest BCUT2D eigenvalue weighted by atomic mass is 10.1. The molecule has 0 unspecified atom stereocenters. The number of rotatable bonds is 11. The topological polar surface area (TPSA) is 114 Å². The van der Waals surface area contributed by atoms with Gasteiger partial charge in [-0.1, -0.05) is 31.4 Å². The Hall–Kier alpha value is -3.86. The molecule has 0 aliphatic carbocycles. The van der Waals surface area contributed by atoms with E-state index < -0.39 is 0 Å². The zero-order chi connectivity index (χ0) is 26.5. The van der Waals surface area contributed by atoms with Gasteiger partial charge in [-0.2, -0.15) is 0 Å². The molecule has 0 bridgehead atoms. The molecule has 1 aliphatic rings. The predicted octanol–water partition coefficient (Wildman–Crippen LogP) is 4.66. The van der Waals surface area contributed by atoms with Crippen molar-refractivity contribution in [1.82, 2.24) is 35.1 Å². The first-order valence-corrected chi connectivity index (χ1v) is 13.2. The molecule has 0 radical (unpaired) electrons. The number of urea groups is 1. The van der Waals surface area contributed by atoms with E-state index in [9.17, 15) is 4.79 Å². The molecule has 4 aromatic rings. The number of aromatic amines is 1. The SMILES string of the molecule is CCCCCOc1cc(N2CCCN(Cc3ccnc4c3c(Cl)cn4Cc3nnn[nH]3)C2=O)ccc1OC. The lowest BCUT2D eigenvalue weighted by molar-refractivity contribution is 0.192. The normalized spacial score (nSPS) is 13.9. The van der Waals surface area contributed by atoms with Crippen molar-refractivity contribution in [2.24, 2.45) is 0 Å². The summed E-state index contributed by atoms with van der Waals surface area (Å²) in [6.07, 6.45) is 7.59. The van der Waals surface area contributed by atoms with Gasteiger partial charge in [-0.25, -0.2) is 14.9 Å². The maximum absolute atomic E-state index is 13.6. The predicted molar refractivity (Wildman–Crippen MR) is 144 cm³/mol. The first-order valence-electron chi connectivity index (χ1n) is 12.8. The average Bonchev–Trinajstić information content (AvgIpc) is 3.56. The number of anilines is 1. The third kappa shape index (κ3) is 5.38. The number of amides is 2. The second-order valence-electron chi connectivity index (χ2n) is 9.22. The minimum atomic E-state index is -0.0633. The number of pyridine rings is 1. The monoisotopic (exact) mass is 538 g/mol. The number of ether oxygens (including phenoxy) is 2. The lowest BCUT2D eigenvalue weighted by Gasteiger charge is -2.36. The van der Waals surface area contributed by atoms with Crippen LogP contribution in [0.15, 0.2) is 36.7 Å². The minimum Gasteiger partial charge on any atom is -0.493 e. The molecule has 11 nitrogen and oxygen atoms in total. The van der Waals surface area contributed by atoms with Crippen LogP contribution < -0.4 is 14.4 Å². The van der Waals surface area contributed by atoms with E-state index in [-0.39, 0.29) is 6.03 Å². The number of nitrogens with zero attached hydrogens (tertiary/aromatic N) is 7. The van der Waals surface area contributed by atoms with Crippen LogP contribution in [0.4, 0.5) is 10.5 Å². The van der Waals surface area contributed by atoms with Crippen LogP contribution in [0.5, 0.6) is 11.5 Å². The smallest absolute Gasteiger partial charge is 0.324 e. The molecular formula is C26H31ClN8O3. The molecule has 1 aliphatic heterocycles. The Bertz CT molecular complexity index is 1390.